The summed E-state index contributed by atoms with van der Waals surface area (Å²) in [6, 6.07) is 14.8. The first-order valence-electron chi connectivity index (χ1n) is 13.3. The van der Waals surface area contributed by atoms with Crippen LogP contribution < -0.4 is 10.4 Å². The van der Waals surface area contributed by atoms with Gasteiger partial charge < -0.3 is 0 Å². The third-order valence-electron chi connectivity index (χ3n) is 7.75. The summed E-state index contributed by atoms with van der Waals surface area (Å²) < 4.78 is 29.7. The van der Waals surface area contributed by atoms with Gasteiger partial charge in [0.15, 0.2) is 0 Å². The van der Waals surface area contributed by atoms with Crippen LogP contribution in [0.15, 0.2) is 53.3 Å². The summed E-state index contributed by atoms with van der Waals surface area (Å²) in [5, 5.41) is 6.94. The predicted molar refractivity (Wildman–Crippen MR) is 147 cm³/mol. The van der Waals surface area contributed by atoms with Crippen LogP contribution in [0.1, 0.15) is 50.8 Å². The molecule has 2 aliphatic carbocycles. The minimum Gasteiger partial charge on any atom is -0.299 e. The predicted octanol–water partition coefficient (Wildman–Crippen LogP) is 4.16. The standard InChI is InChI=1S/C28H35N5O4S/c1-32(2)38(36,37)31-24-5-3-4-23(18-24)21-12-14-25(15-13-21)33-27(29-30-28(33)35)17-20-8-6-19(7-9-20)16-26(34)22-10-11-22/h3-5,12-15,18-20,22,31H,6-11,16-17H2,1-2H3,(H,30,35). The Morgan fingerprint density at radius 2 is 1.68 bits per heavy atom. The Bertz CT molecular complexity index is 1450. The van der Waals surface area contributed by atoms with Gasteiger partial charge in [-0.05, 0) is 85.8 Å². The highest BCUT2D eigenvalue weighted by molar-refractivity contribution is 7.90. The molecular formula is C28H35N5O4S. The molecule has 10 heteroatoms. The van der Waals surface area contributed by atoms with Gasteiger partial charge in [-0.1, -0.05) is 24.3 Å². The first kappa shape index (κ1) is 26.4. The number of anilines is 1. The van der Waals surface area contributed by atoms with Crippen LogP contribution in [0, 0.1) is 17.8 Å². The van der Waals surface area contributed by atoms with E-state index in [9.17, 15) is 18.0 Å². The summed E-state index contributed by atoms with van der Waals surface area (Å²) in [5.41, 5.74) is 2.69. The van der Waals surface area contributed by atoms with Crippen molar-refractivity contribution in [1.82, 2.24) is 19.1 Å². The second kappa shape index (κ2) is 10.9. The van der Waals surface area contributed by atoms with Gasteiger partial charge in [0.25, 0.3) is 0 Å². The van der Waals surface area contributed by atoms with Crippen LogP contribution in [0.3, 0.4) is 0 Å². The van der Waals surface area contributed by atoms with Gasteiger partial charge in [0.1, 0.15) is 11.6 Å². The highest BCUT2D eigenvalue weighted by atomic mass is 32.2. The summed E-state index contributed by atoms with van der Waals surface area (Å²) in [6.07, 6.45) is 7.85. The Kier molecular flexibility index (Phi) is 7.54. The van der Waals surface area contributed by atoms with Gasteiger partial charge in [-0.25, -0.2) is 14.5 Å². The van der Waals surface area contributed by atoms with Crippen molar-refractivity contribution < 1.29 is 13.2 Å². The summed E-state index contributed by atoms with van der Waals surface area (Å²) >= 11 is 0. The lowest BCUT2D eigenvalue weighted by Crippen LogP contribution is -2.28. The zero-order valence-electron chi connectivity index (χ0n) is 21.9. The lowest BCUT2D eigenvalue weighted by atomic mass is 9.78. The molecule has 2 aliphatic rings. The topological polar surface area (TPSA) is 117 Å². The number of ketones is 1. The van der Waals surface area contributed by atoms with Crippen LogP contribution >= 0.6 is 0 Å². The highest BCUT2D eigenvalue weighted by Gasteiger charge is 2.32. The molecular weight excluding hydrogens is 502 g/mol. The minimum atomic E-state index is -3.60. The number of hydrogen-bond donors (Lipinski definition) is 2. The van der Waals surface area contributed by atoms with Crippen LogP contribution in [0.4, 0.5) is 5.69 Å². The zero-order valence-corrected chi connectivity index (χ0v) is 22.7. The molecule has 9 nitrogen and oxygen atoms in total. The van der Waals surface area contributed by atoms with E-state index in [1.165, 1.54) is 14.1 Å². The number of aromatic nitrogens is 3. The van der Waals surface area contributed by atoms with Gasteiger partial charge in [-0.15, -0.1) is 0 Å². The van der Waals surface area contributed by atoms with Gasteiger partial charge in [0.05, 0.1) is 11.4 Å². The number of Topliss-reactive ketones (excluding diaryl/α,β-unsaturated/α-hetero) is 1. The van der Waals surface area contributed by atoms with E-state index >= 15 is 0 Å². The molecule has 0 radical (unpaired) electrons. The fourth-order valence-electron chi connectivity index (χ4n) is 5.29. The molecule has 3 aromatic rings. The maximum Gasteiger partial charge on any atom is 0.347 e. The summed E-state index contributed by atoms with van der Waals surface area (Å²) in [4.78, 5) is 24.8. The van der Waals surface area contributed by atoms with Crippen molar-refractivity contribution in [3.63, 3.8) is 0 Å². The molecule has 5 rings (SSSR count). The Morgan fingerprint density at radius 3 is 2.34 bits per heavy atom. The van der Waals surface area contributed by atoms with Crippen molar-refractivity contribution in [2.24, 2.45) is 17.8 Å². The molecule has 0 amide bonds. The molecule has 0 atom stereocenters. The van der Waals surface area contributed by atoms with Crippen molar-refractivity contribution >= 4 is 21.7 Å². The molecule has 0 bridgehead atoms. The SMILES string of the molecule is CN(C)S(=O)(=O)Nc1cccc(-c2ccc(-n3c(CC4CCC(CC(=O)C5CC5)CC4)n[nH]c3=O)cc2)c1. The number of aromatic amines is 1. The summed E-state index contributed by atoms with van der Waals surface area (Å²) in [5.74, 6) is 2.48. The fraction of sp³-hybridized carbons (Fsp3) is 0.464. The number of nitrogens with one attached hydrogen (secondary N) is 2. The number of carbonyl (C=O) groups excluding carboxylic acids is 1. The number of rotatable bonds is 10. The zero-order chi connectivity index (χ0) is 26.9. The molecule has 2 saturated carbocycles. The third-order valence-corrected chi connectivity index (χ3v) is 9.21. The van der Waals surface area contributed by atoms with Crippen LogP contribution in [-0.2, 0) is 21.4 Å². The Labute approximate surface area is 223 Å². The second-order valence-electron chi connectivity index (χ2n) is 10.8. The van der Waals surface area contributed by atoms with Crippen LogP contribution in [-0.4, -0.2) is 47.4 Å². The Hall–Kier alpha value is -3.24. The van der Waals surface area contributed by atoms with Crippen molar-refractivity contribution in [3.05, 3.63) is 64.8 Å². The van der Waals surface area contributed by atoms with Gasteiger partial charge in [0, 0.05) is 32.9 Å². The molecule has 202 valence electrons. The van der Waals surface area contributed by atoms with Crippen molar-refractivity contribution in [2.45, 2.75) is 51.4 Å². The van der Waals surface area contributed by atoms with Crippen LogP contribution in [0.5, 0.6) is 0 Å². The van der Waals surface area contributed by atoms with E-state index in [0.29, 0.717) is 29.2 Å². The van der Waals surface area contributed by atoms with Gasteiger partial charge >= 0.3 is 15.9 Å². The molecule has 0 saturated heterocycles. The Balaban J connectivity index is 1.26. The summed E-state index contributed by atoms with van der Waals surface area (Å²) in [7, 11) is -0.653. The fourth-order valence-corrected chi connectivity index (χ4v) is 5.90. The Morgan fingerprint density at radius 1 is 1.00 bits per heavy atom. The number of benzene rings is 2. The number of carbonyl (C=O) groups is 1. The van der Waals surface area contributed by atoms with E-state index in [-0.39, 0.29) is 5.69 Å². The van der Waals surface area contributed by atoms with Crippen molar-refractivity contribution in [2.75, 3.05) is 18.8 Å². The maximum absolute atomic E-state index is 12.7. The average molecular weight is 538 g/mol. The molecule has 2 fully saturated rings. The first-order valence-corrected chi connectivity index (χ1v) is 14.7. The van der Waals surface area contributed by atoms with Crippen molar-refractivity contribution in [1.29, 1.82) is 0 Å². The van der Waals surface area contributed by atoms with Gasteiger partial charge in [-0.3, -0.25) is 9.52 Å². The molecule has 0 aliphatic heterocycles. The first-order chi connectivity index (χ1) is 18.2. The van der Waals surface area contributed by atoms with E-state index < -0.39 is 10.2 Å². The van der Waals surface area contributed by atoms with E-state index in [1.807, 2.05) is 30.3 Å². The molecule has 1 heterocycles. The maximum atomic E-state index is 12.7. The molecule has 0 unspecified atom stereocenters. The van der Waals surface area contributed by atoms with Gasteiger partial charge in [0.2, 0.25) is 0 Å². The minimum absolute atomic E-state index is 0.267. The lowest BCUT2D eigenvalue weighted by molar-refractivity contribution is -0.121. The van der Waals surface area contributed by atoms with Crippen LogP contribution in [0.25, 0.3) is 16.8 Å². The molecule has 1 aromatic heterocycles. The van der Waals surface area contributed by atoms with E-state index in [0.717, 1.165) is 78.3 Å². The number of hydrogen-bond acceptors (Lipinski definition) is 5. The quantitative estimate of drug-likeness (QED) is 0.403. The number of H-pyrrole nitrogens is 1. The third kappa shape index (κ3) is 6.07. The largest absolute Gasteiger partial charge is 0.347 e. The number of nitrogens with zero attached hydrogens (tertiary/aromatic N) is 3. The van der Waals surface area contributed by atoms with Gasteiger partial charge in [-0.2, -0.15) is 17.8 Å². The monoisotopic (exact) mass is 537 g/mol. The molecule has 2 aromatic carbocycles. The second-order valence-corrected chi connectivity index (χ2v) is 12.7. The normalized spacial score (nSPS) is 20.0. The van der Waals surface area contributed by atoms with E-state index in [2.05, 4.69) is 14.9 Å². The lowest BCUT2D eigenvalue weighted by Gasteiger charge is -2.28. The molecule has 2 N–H and O–H groups in total. The van der Waals surface area contributed by atoms with Crippen LogP contribution in [0.2, 0.25) is 0 Å². The van der Waals surface area contributed by atoms with E-state index in [4.69, 9.17) is 0 Å². The average Bonchev–Trinajstić information content (AvgIpc) is 3.69. The smallest absolute Gasteiger partial charge is 0.299 e. The van der Waals surface area contributed by atoms with E-state index in [1.54, 1.807) is 22.8 Å². The highest BCUT2D eigenvalue weighted by Crippen LogP contribution is 2.37. The summed E-state index contributed by atoms with van der Waals surface area (Å²) in [6.45, 7) is 0. The van der Waals surface area contributed by atoms with Crippen molar-refractivity contribution in [3.8, 4) is 16.8 Å². The molecule has 0 spiro atoms. The molecule has 38 heavy (non-hydrogen) atoms.